The van der Waals surface area contributed by atoms with E-state index in [4.69, 9.17) is 19.9 Å². The standard InChI is InChI=1S/C56H34N4/c1-3-19-47-45(17-1)51-33-43(21-23-49(51)55-53(47)57-25-27-59-55)41-15-7-13-39(31-41)37-11-5-9-35(29-37)36-10-6-12-38(30-36)40-14-8-16-42(32-40)44-22-24-50-52(34-44)46-18-2-4-20-48(46)54-56(50)60-28-26-58-54/h1-34H. The zero-order valence-corrected chi connectivity index (χ0v) is 32.4. The fourth-order valence-corrected chi connectivity index (χ4v) is 9.13. The summed E-state index contributed by atoms with van der Waals surface area (Å²) in [5, 5.41) is 9.22. The Morgan fingerprint density at radius 2 is 0.433 bits per heavy atom. The largest absolute Gasteiger partial charge is 0.252 e. The number of aromatic nitrogens is 4. The maximum Gasteiger partial charge on any atom is 0.0971 e. The molecule has 0 spiro atoms. The Morgan fingerprint density at radius 3 is 0.733 bits per heavy atom. The molecule has 0 N–H and O–H groups in total. The first-order valence-electron chi connectivity index (χ1n) is 20.3. The van der Waals surface area contributed by atoms with Crippen LogP contribution in [0, 0.1) is 0 Å². The van der Waals surface area contributed by atoms with Crippen molar-refractivity contribution in [2.45, 2.75) is 0 Å². The predicted octanol–water partition coefficient (Wildman–Crippen LogP) is 14.5. The quantitative estimate of drug-likeness (QED) is 0.164. The molecule has 0 saturated carbocycles. The van der Waals surface area contributed by atoms with E-state index >= 15 is 0 Å². The van der Waals surface area contributed by atoms with E-state index in [2.05, 4.69) is 182 Å². The second-order valence-electron chi connectivity index (χ2n) is 15.4. The molecule has 0 saturated heterocycles. The van der Waals surface area contributed by atoms with Gasteiger partial charge in [-0.3, -0.25) is 19.9 Å². The van der Waals surface area contributed by atoms with Crippen LogP contribution < -0.4 is 0 Å². The molecule has 0 radical (unpaired) electrons. The molecule has 0 unspecified atom stereocenters. The molecule has 0 atom stereocenters. The molecule has 0 bridgehead atoms. The van der Waals surface area contributed by atoms with E-state index in [9.17, 15) is 0 Å². The molecule has 12 rings (SSSR count). The fraction of sp³-hybridized carbons (Fsp3) is 0. The second-order valence-corrected chi connectivity index (χ2v) is 15.4. The van der Waals surface area contributed by atoms with Crippen LogP contribution in [0.15, 0.2) is 207 Å². The Bertz CT molecular complexity index is 3370. The Morgan fingerprint density at radius 1 is 0.183 bits per heavy atom. The third-order valence-electron chi connectivity index (χ3n) is 12.0. The molecule has 2 heterocycles. The van der Waals surface area contributed by atoms with Gasteiger partial charge in [0.25, 0.3) is 0 Å². The Hall–Kier alpha value is -8.08. The van der Waals surface area contributed by atoms with Crippen molar-refractivity contribution in [1.29, 1.82) is 0 Å². The van der Waals surface area contributed by atoms with Crippen LogP contribution in [0.5, 0.6) is 0 Å². The molecule has 0 fully saturated rings. The Kier molecular flexibility index (Phi) is 7.82. The van der Waals surface area contributed by atoms with Gasteiger partial charge in [-0.15, -0.1) is 0 Å². The van der Waals surface area contributed by atoms with Gasteiger partial charge in [-0.25, -0.2) is 0 Å². The first-order valence-corrected chi connectivity index (χ1v) is 20.3. The summed E-state index contributed by atoms with van der Waals surface area (Å²) in [7, 11) is 0. The molecule has 2 aromatic heterocycles. The number of hydrogen-bond acceptors (Lipinski definition) is 4. The summed E-state index contributed by atoms with van der Waals surface area (Å²) in [5.41, 5.74) is 15.5. The highest BCUT2D eigenvalue weighted by Crippen LogP contribution is 2.39. The molecule has 278 valence electrons. The minimum atomic E-state index is 0.934. The lowest BCUT2D eigenvalue weighted by atomic mass is 9.92. The lowest BCUT2D eigenvalue weighted by molar-refractivity contribution is 1.31. The van der Waals surface area contributed by atoms with Crippen LogP contribution in [-0.4, -0.2) is 19.9 Å². The normalized spacial score (nSPS) is 11.7. The lowest BCUT2D eigenvalue weighted by Gasteiger charge is -2.12. The van der Waals surface area contributed by atoms with Crippen LogP contribution in [0.4, 0.5) is 0 Å². The zero-order chi connectivity index (χ0) is 39.6. The molecular weight excluding hydrogens is 729 g/mol. The summed E-state index contributed by atoms with van der Waals surface area (Å²) in [6, 6.07) is 65.9. The number of hydrogen-bond donors (Lipinski definition) is 0. The van der Waals surface area contributed by atoms with E-state index in [-0.39, 0.29) is 0 Å². The maximum absolute atomic E-state index is 4.75. The van der Waals surface area contributed by atoms with Gasteiger partial charge in [-0.2, -0.15) is 0 Å². The van der Waals surface area contributed by atoms with Crippen molar-refractivity contribution in [1.82, 2.24) is 19.9 Å². The number of nitrogens with zero attached hydrogens (tertiary/aromatic N) is 4. The maximum atomic E-state index is 4.75. The molecule has 0 aliphatic rings. The molecule has 60 heavy (non-hydrogen) atoms. The van der Waals surface area contributed by atoms with Gasteiger partial charge in [0.15, 0.2) is 0 Å². The van der Waals surface area contributed by atoms with Crippen molar-refractivity contribution >= 4 is 65.2 Å². The van der Waals surface area contributed by atoms with Crippen LogP contribution in [-0.2, 0) is 0 Å². The van der Waals surface area contributed by atoms with E-state index in [0.29, 0.717) is 0 Å². The van der Waals surface area contributed by atoms with Gasteiger partial charge in [0.1, 0.15) is 0 Å². The molecule has 4 heteroatoms. The van der Waals surface area contributed by atoms with Gasteiger partial charge in [-0.1, -0.05) is 146 Å². The number of fused-ring (bicyclic) bond motifs is 12. The minimum absolute atomic E-state index is 0.934. The first-order chi connectivity index (χ1) is 29.7. The average Bonchev–Trinajstić information content (AvgIpc) is 3.34. The van der Waals surface area contributed by atoms with Gasteiger partial charge in [-0.05, 0) is 114 Å². The highest BCUT2D eigenvalue weighted by atomic mass is 14.8. The van der Waals surface area contributed by atoms with Crippen LogP contribution in [0.2, 0.25) is 0 Å². The van der Waals surface area contributed by atoms with Gasteiger partial charge in [0.2, 0.25) is 0 Å². The summed E-state index contributed by atoms with van der Waals surface area (Å²) in [4.78, 5) is 18.9. The summed E-state index contributed by atoms with van der Waals surface area (Å²) in [6.07, 6.45) is 7.11. The van der Waals surface area contributed by atoms with Gasteiger partial charge in [0, 0.05) is 46.3 Å². The highest BCUT2D eigenvalue weighted by molar-refractivity contribution is 6.24. The zero-order valence-electron chi connectivity index (χ0n) is 32.4. The molecule has 10 aromatic carbocycles. The van der Waals surface area contributed by atoms with E-state index < -0.39 is 0 Å². The highest BCUT2D eigenvalue weighted by Gasteiger charge is 2.14. The van der Waals surface area contributed by atoms with Crippen LogP contribution in [0.3, 0.4) is 0 Å². The molecule has 0 aliphatic carbocycles. The summed E-state index contributed by atoms with van der Waals surface area (Å²) in [6.45, 7) is 0. The van der Waals surface area contributed by atoms with Crippen molar-refractivity contribution in [2.24, 2.45) is 0 Å². The second kappa shape index (κ2) is 13.8. The van der Waals surface area contributed by atoms with Crippen LogP contribution >= 0.6 is 0 Å². The molecule has 12 aromatic rings. The molecule has 0 aliphatic heterocycles. The average molecular weight is 763 g/mol. The van der Waals surface area contributed by atoms with Crippen LogP contribution in [0.1, 0.15) is 0 Å². The fourth-order valence-electron chi connectivity index (χ4n) is 9.13. The van der Waals surface area contributed by atoms with E-state index in [0.717, 1.165) is 43.6 Å². The van der Waals surface area contributed by atoms with E-state index in [1.165, 1.54) is 77.2 Å². The lowest BCUT2D eigenvalue weighted by Crippen LogP contribution is -1.89. The van der Waals surface area contributed by atoms with Crippen molar-refractivity contribution in [3.8, 4) is 55.6 Å². The third-order valence-corrected chi connectivity index (χ3v) is 12.0. The molecule has 4 nitrogen and oxygen atoms in total. The summed E-state index contributed by atoms with van der Waals surface area (Å²) >= 11 is 0. The topological polar surface area (TPSA) is 51.6 Å². The minimum Gasteiger partial charge on any atom is -0.252 e. The predicted molar refractivity (Wildman–Crippen MR) is 250 cm³/mol. The Balaban J connectivity index is 0.880. The first kappa shape index (κ1) is 34.0. The SMILES string of the molecule is c1cc(-c2cccc(-c3cccc(-c4ccc5c(c4)c4ccccc4c4nccnc54)c3)c2)cc(-c2cccc(-c3ccc4c(c3)c3ccccc3c3nccnc43)c2)c1. The van der Waals surface area contributed by atoms with Crippen LogP contribution in [0.25, 0.3) is 121 Å². The van der Waals surface area contributed by atoms with E-state index in [1.807, 2.05) is 0 Å². The number of rotatable bonds is 5. The monoisotopic (exact) mass is 762 g/mol. The molecular formula is C56H34N4. The van der Waals surface area contributed by atoms with Crippen molar-refractivity contribution in [3.63, 3.8) is 0 Å². The Labute approximate surface area is 346 Å². The van der Waals surface area contributed by atoms with Gasteiger partial charge >= 0.3 is 0 Å². The summed E-state index contributed by atoms with van der Waals surface area (Å²) < 4.78 is 0. The van der Waals surface area contributed by atoms with Crippen molar-refractivity contribution in [2.75, 3.05) is 0 Å². The third kappa shape index (κ3) is 5.61. The summed E-state index contributed by atoms with van der Waals surface area (Å²) in [5.74, 6) is 0. The van der Waals surface area contributed by atoms with Gasteiger partial charge in [0.05, 0.1) is 22.1 Å². The van der Waals surface area contributed by atoms with E-state index in [1.54, 1.807) is 24.8 Å². The molecule has 0 amide bonds. The van der Waals surface area contributed by atoms with Crippen molar-refractivity contribution in [3.05, 3.63) is 207 Å². The number of benzene rings is 10. The smallest absolute Gasteiger partial charge is 0.0971 e. The van der Waals surface area contributed by atoms with Gasteiger partial charge < -0.3 is 0 Å². The van der Waals surface area contributed by atoms with Crippen molar-refractivity contribution < 1.29 is 0 Å².